The summed E-state index contributed by atoms with van der Waals surface area (Å²) in [5, 5.41) is 3.56. The summed E-state index contributed by atoms with van der Waals surface area (Å²) in [6.45, 7) is 12.8. The van der Waals surface area contributed by atoms with Gasteiger partial charge in [0.05, 0.1) is 19.3 Å². The van der Waals surface area contributed by atoms with E-state index in [2.05, 4.69) is 52.1 Å². The molecule has 3 nitrogen and oxygen atoms in total. The molecule has 1 aliphatic heterocycles. The van der Waals surface area contributed by atoms with Crippen LogP contribution in [-0.4, -0.2) is 31.4 Å². The predicted molar refractivity (Wildman–Crippen MR) is 78.0 cm³/mol. The van der Waals surface area contributed by atoms with E-state index in [1.165, 1.54) is 16.7 Å². The van der Waals surface area contributed by atoms with E-state index >= 15 is 0 Å². The lowest BCUT2D eigenvalue weighted by Crippen LogP contribution is -2.57. The van der Waals surface area contributed by atoms with Crippen LogP contribution in [0.15, 0.2) is 12.1 Å². The van der Waals surface area contributed by atoms with Crippen LogP contribution in [0.25, 0.3) is 0 Å². The minimum absolute atomic E-state index is 0.0323. The van der Waals surface area contributed by atoms with E-state index in [4.69, 9.17) is 9.47 Å². The van der Waals surface area contributed by atoms with Gasteiger partial charge in [0.1, 0.15) is 12.4 Å². The van der Waals surface area contributed by atoms with Gasteiger partial charge >= 0.3 is 0 Å². The number of hydrogen-bond acceptors (Lipinski definition) is 3. The minimum Gasteiger partial charge on any atom is -0.492 e. The lowest BCUT2D eigenvalue weighted by molar-refractivity contribution is 0.000879. The maximum atomic E-state index is 5.96. The maximum absolute atomic E-state index is 5.96. The molecule has 19 heavy (non-hydrogen) atoms. The zero-order valence-corrected chi connectivity index (χ0v) is 12.7. The van der Waals surface area contributed by atoms with Crippen molar-refractivity contribution in [3.8, 4) is 5.75 Å². The van der Waals surface area contributed by atoms with Crippen LogP contribution in [0.3, 0.4) is 0 Å². The maximum Gasteiger partial charge on any atom is 0.122 e. The second-order valence-corrected chi connectivity index (χ2v) is 6.25. The Morgan fingerprint density at radius 3 is 2.58 bits per heavy atom. The average molecular weight is 263 g/mol. The van der Waals surface area contributed by atoms with Crippen LogP contribution in [0.5, 0.6) is 5.75 Å². The third kappa shape index (κ3) is 3.71. The lowest BCUT2D eigenvalue weighted by atomic mass is 10.0. The molecule has 1 N–H and O–H groups in total. The van der Waals surface area contributed by atoms with E-state index in [0.717, 1.165) is 12.4 Å². The number of hydrogen-bond donors (Lipinski definition) is 1. The van der Waals surface area contributed by atoms with Crippen LogP contribution in [0.4, 0.5) is 0 Å². The summed E-state index contributed by atoms with van der Waals surface area (Å²) in [7, 11) is 0. The Kier molecular flexibility index (Phi) is 4.16. The molecule has 1 aromatic carbocycles. The van der Waals surface area contributed by atoms with Crippen LogP contribution in [0.2, 0.25) is 0 Å². The van der Waals surface area contributed by atoms with E-state index in [0.29, 0.717) is 13.2 Å². The van der Waals surface area contributed by atoms with Crippen molar-refractivity contribution < 1.29 is 9.47 Å². The van der Waals surface area contributed by atoms with Gasteiger partial charge < -0.3 is 14.8 Å². The van der Waals surface area contributed by atoms with Crippen molar-refractivity contribution in [3.63, 3.8) is 0 Å². The van der Waals surface area contributed by atoms with Crippen molar-refractivity contribution in [2.45, 2.75) is 46.2 Å². The first-order chi connectivity index (χ1) is 8.87. The summed E-state index contributed by atoms with van der Waals surface area (Å²) in [5.74, 6) is 0.980. The van der Waals surface area contributed by atoms with E-state index in [1.54, 1.807) is 0 Å². The van der Waals surface area contributed by atoms with Gasteiger partial charge in [-0.15, -0.1) is 0 Å². The number of aryl methyl sites for hydroxylation is 3. The Morgan fingerprint density at radius 2 is 1.89 bits per heavy atom. The molecular weight excluding hydrogens is 238 g/mol. The molecule has 1 fully saturated rings. The van der Waals surface area contributed by atoms with E-state index in [9.17, 15) is 0 Å². The van der Waals surface area contributed by atoms with Crippen molar-refractivity contribution in [3.05, 3.63) is 28.8 Å². The molecule has 2 rings (SSSR count). The molecule has 1 heterocycles. The summed E-state index contributed by atoms with van der Waals surface area (Å²) in [5.41, 5.74) is 3.81. The third-order valence-electron chi connectivity index (χ3n) is 3.61. The van der Waals surface area contributed by atoms with Crippen molar-refractivity contribution in [2.75, 3.05) is 19.8 Å². The molecular formula is C16H25NO2. The van der Waals surface area contributed by atoms with Crippen LogP contribution in [0, 0.1) is 20.8 Å². The molecule has 1 atom stereocenters. The highest BCUT2D eigenvalue weighted by molar-refractivity contribution is 5.40. The fourth-order valence-electron chi connectivity index (χ4n) is 2.46. The molecule has 0 radical (unpaired) electrons. The third-order valence-corrected chi connectivity index (χ3v) is 3.61. The highest BCUT2D eigenvalue weighted by Crippen LogP contribution is 2.23. The summed E-state index contributed by atoms with van der Waals surface area (Å²) < 4.78 is 11.6. The van der Waals surface area contributed by atoms with Gasteiger partial charge in [0, 0.05) is 5.54 Å². The highest BCUT2D eigenvalue weighted by Gasteiger charge is 2.28. The Bertz CT molecular complexity index is 454. The molecule has 0 bridgehead atoms. The van der Waals surface area contributed by atoms with Gasteiger partial charge in [-0.1, -0.05) is 6.07 Å². The monoisotopic (exact) mass is 263 g/mol. The Hall–Kier alpha value is -1.06. The molecule has 106 valence electrons. The number of ether oxygens (including phenoxy) is 2. The van der Waals surface area contributed by atoms with Crippen molar-refractivity contribution in [2.24, 2.45) is 0 Å². The summed E-state index contributed by atoms with van der Waals surface area (Å²) >= 11 is 0. The number of morpholine rings is 1. The van der Waals surface area contributed by atoms with Crippen molar-refractivity contribution in [1.82, 2.24) is 5.32 Å². The molecule has 0 amide bonds. The lowest BCUT2D eigenvalue weighted by Gasteiger charge is -2.36. The van der Waals surface area contributed by atoms with Gasteiger partial charge in [0.25, 0.3) is 0 Å². The SMILES string of the molecule is Cc1cc(C)c(OCC2COCC(C)(C)N2)cc1C. The van der Waals surface area contributed by atoms with Gasteiger partial charge in [-0.25, -0.2) is 0 Å². The molecule has 0 aliphatic carbocycles. The first-order valence-corrected chi connectivity index (χ1v) is 6.93. The smallest absolute Gasteiger partial charge is 0.122 e. The topological polar surface area (TPSA) is 30.5 Å². The van der Waals surface area contributed by atoms with Crippen molar-refractivity contribution in [1.29, 1.82) is 0 Å². The first-order valence-electron chi connectivity index (χ1n) is 6.93. The molecule has 0 aromatic heterocycles. The van der Waals surface area contributed by atoms with E-state index < -0.39 is 0 Å². The zero-order chi connectivity index (χ0) is 14.0. The first kappa shape index (κ1) is 14.4. The quantitative estimate of drug-likeness (QED) is 0.909. The fourth-order valence-corrected chi connectivity index (χ4v) is 2.46. The second kappa shape index (κ2) is 5.51. The molecule has 1 saturated heterocycles. The molecule has 3 heteroatoms. The Morgan fingerprint density at radius 1 is 1.21 bits per heavy atom. The number of nitrogens with one attached hydrogen (secondary N) is 1. The average Bonchev–Trinajstić information content (AvgIpc) is 2.31. The van der Waals surface area contributed by atoms with E-state index in [-0.39, 0.29) is 11.6 Å². The molecule has 0 spiro atoms. The van der Waals surface area contributed by atoms with Crippen molar-refractivity contribution >= 4 is 0 Å². The normalized spacial score (nSPS) is 22.3. The van der Waals surface area contributed by atoms with Crippen LogP contribution < -0.4 is 10.1 Å². The summed E-state index contributed by atoms with van der Waals surface area (Å²) in [6, 6.07) is 4.56. The predicted octanol–water partition coefficient (Wildman–Crippen LogP) is 2.76. The van der Waals surface area contributed by atoms with Crippen LogP contribution >= 0.6 is 0 Å². The zero-order valence-electron chi connectivity index (χ0n) is 12.7. The number of rotatable bonds is 3. The Labute approximate surface area is 116 Å². The summed E-state index contributed by atoms with van der Waals surface area (Å²) in [4.78, 5) is 0. The van der Waals surface area contributed by atoms with Gasteiger partial charge in [-0.2, -0.15) is 0 Å². The standard InChI is InChI=1S/C16H25NO2/c1-11-6-13(3)15(7-12(11)2)19-9-14-8-18-10-16(4,5)17-14/h6-7,14,17H,8-10H2,1-5H3. The van der Waals surface area contributed by atoms with E-state index in [1.807, 2.05) is 0 Å². The second-order valence-electron chi connectivity index (χ2n) is 6.25. The minimum atomic E-state index is 0.0323. The van der Waals surface area contributed by atoms with Gasteiger partial charge in [0.15, 0.2) is 0 Å². The van der Waals surface area contributed by atoms with Crippen LogP contribution in [0.1, 0.15) is 30.5 Å². The molecule has 1 aromatic rings. The Balaban J connectivity index is 1.97. The van der Waals surface area contributed by atoms with Gasteiger partial charge in [-0.05, 0) is 57.4 Å². The largest absolute Gasteiger partial charge is 0.492 e. The summed E-state index contributed by atoms with van der Waals surface area (Å²) in [6.07, 6.45) is 0. The van der Waals surface area contributed by atoms with Crippen LogP contribution in [-0.2, 0) is 4.74 Å². The van der Waals surface area contributed by atoms with Gasteiger partial charge in [-0.3, -0.25) is 0 Å². The molecule has 1 aliphatic rings. The fraction of sp³-hybridized carbons (Fsp3) is 0.625. The number of benzene rings is 1. The van der Waals surface area contributed by atoms with Gasteiger partial charge in [0.2, 0.25) is 0 Å². The molecule has 1 unspecified atom stereocenters. The molecule has 0 saturated carbocycles. The highest BCUT2D eigenvalue weighted by atomic mass is 16.5.